The van der Waals surface area contributed by atoms with Crippen molar-refractivity contribution in [2.24, 2.45) is 0 Å². The molecule has 0 bridgehead atoms. The van der Waals surface area contributed by atoms with Gasteiger partial charge in [-0.05, 0) is 17.7 Å². The van der Waals surface area contributed by atoms with E-state index in [4.69, 9.17) is 0 Å². The lowest BCUT2D eigenvalue weighted by molar-refractivity contribution is 0.177. The third-order valence-electron chi connectivity index (χ3n) is 2.46. The molecule has 2 rings (SSSR count). The molecule has 1 fully saturated rings. The van der Waals surface area contributed by atoms with Crippen molar-refractivity contribution in [1.29, 1.82) is 0 Å². The van der Waals surface area contributed by atoms with Gasteiger partial charge in [-0.3, -0.25) is 0 Å². The fourth-order valence-electron chi connectivity index (χ4n) is 1.74. The number of β-amino-alcohol motifs (C(OH)–C–C–N with tert-alkyl or cyclic N) is 1. The van der Waals surface area contributed by atoms with E-state index in [1.165, 1.54) is 12.1 Å². The van der Waals surface area contributed by atoms with Crippen molar-refractivity contribution in [2.45, 2.75) is 12.0 Å². The Morgan fingerprint density at radius 3 is 2.71 bits per heavy atom. The minimum Gasteiger partial charge on any atom is -0.391 e. The van der Waals surface area contributed by atoms with Gasteiger partial charge >= 0.3 is 0 Å². The first kappa shape index (κ1) is 11.4. The Kier molecular flexibility index (Phi) is 3.86. The van der Waals surface area contributed by atoms with Gasteiger partial charge < -0.3 is 10.4 Å². The molecule has 0 aromatic heterocycles. The molecule has 2 nitrogen and oxygen atoms in total. The molecule has 1 aromatic rings. The van der Waals surface area contributed by atoms with Crippen LogP contribution in [0, 0.1) is 5.82 Å². The van der Waals surface area contributed by atoms with Gasteiger partial charge in [-0.15, -0.1) is 12.4 Å². The first-order valence-electron chi connectivity index (χ1n) is 4.41. The van der Waals surface area contributed by atoms with Gasteiger partial charge in [-0.2, -0.15) is 0 Å². The lowest BCUT2D eigenvalue weighted by Gasteiger charge is -2.13. The van der Waals surface area contributed by atoms with Crippen molar-refractivity contribution in [3.63, 3.8) is 0 Å². The molecular weight excluding hydrogens is 205 g/mol. The second kappa shape index (κ2) is 4.73. The molecule has 0 unspecified atom stereocenters. The van der Waals surface area contributed by atoms with Gasteiger partial charge in [-0.1, -0.05) is 12.1 Å². The third kappa shape index (κ3) is 2.23. The maximum Gasteiger partial charge on any atom is 0.123 e. The molecule has 0 aliphatic carbocycles. The Hall–Kier alpha value is -0.640. The van der Waals surface area contributed by atoms with Crippen LogP contribution in [0.5, 0.6) is 0 Å². The predicted molar refractivity (Wildman–Crippen MR) is 55.3 cm³/mol. The van der Waals surface area contributed by atoms with Gasteiger partial charge in [0.2, 0.25) is 0 Å². The largest absolute Gasteiger partial charge is 0.391 e. The average Bonchev–Trinajstić information content (AvgIpc) is 2.51. The Bertz CT molecular complexity index is 308. The molecule has 1 aliphatic rings. The number of rotatable bonds is 1. The van der Waals surface area contributed by atoms with Crippen LogP contribution in [0.15, 0.2) is 24.3 Å². The average molecular weight is 218 g/mol. The van der Waals surface area contributed by atoms with E-state index in [2.05, 4.69) is 5.32 Å². The lowest BCUT2D eigenvalue weighted by atomic mass is 9.96. The molecule has 14 heavy (non-hydrogen) atoms. The molecular formula is C10H13ClFNO. The van der Waals surface area contributed by atoms with Gasteiger partial charge in [0.25, 0.3) is 0 Å². The molecule has 1 saturated heterocycles. The maximum absolute atomic E-state index is 12.8. The van der Waals surface area contributed by atoms with Crippen LogP contribution in [0.4, 0.5) is 4.39 Å². The van der Waals surface area contributed by atoms with E-state index in [-0.39, 0.29) is 30.2 Å². The Balaban J connectivity index is 0.000000980. The molecule has 0 saturated carbocycles. The zero-order valence-corrected chi connectivity index (χ0v) is 8.43. The van der Waals surface area contributed by atoms with Gasteiger partial charge in [0, 0.05) is 19.0 Å². The topological polar surface area (TPSA) is 32.3 Å². The molecule has 1 aliphatic heterocycles. The smallest absolute Gasteiger partial charge is 0.123 e. The minimum atomic E-state index is -0.387. The van der Waals surface area contributed by atoms with Gasteiger partial charge in [0.05, 0.1) is 6.10 Å². The molecule has 1 heterocycles. The van der Waals surface area contributed by atoms with Crippen LogP contribution in [0.2, 0.25) is 0 Å². The molecule has 2 atom stereocenters. The molecule has 0 amide bonds. The normalized spacial score (nSPS) is 25.9. The van der Waals surface area contributed by atoms with Crippen molar-refractivity contribution in [2.75, 3.05) is 13.1 Å². The van der Waals surface area contributed by atoms with E-state index in [0.717, 1.165) is 12.1 Å². The lowest BCUT2D eigenvalue weighted by Crippen LogP contribution is -2.16. The van der Waals surface area contributed by atoms with Crippen LogP contribution >= 0.6 is 12.4 Å². The highest BCUT2D eigenvalue weighted by molar-refractivity contribution is 5.85. The van der Waals surface area contributed by atoms with Crippen molar-refractivity contribution in [3.8, 4) is 0 Å². The quantitative estimate of drug-likeness (QED) is 0.743. The standard InChI is InChI=1S/C10H12FNO.ClH/c11-8-3-1-2-7(4-8)9-5-12-6-10(9)13;/h1-4,9-10,12-13H,5-6H2;1H/t9-,10+;/m0./s1. The third-order valence-corrected chi connectivity index (χ3v) is 2.46. The summed E-state index contributed by atoms with van der Waals surface area (Å²) in [6.07, 6.45) is -0.387. The summed E-state index contributed by atoms with van der Waals surface area (Å²) >= 11 is 0. The molecule has 4 heteroatoms. The zero-order chi connectivity index (χ0) is 9.26. The van der Waals surface area contributed by atoms with Crippen molar-refractivity contribution >= 4 is 12.4 Å². The van der Waals surface area contributed by atoms with Crippen LogP contribution in [-0.4, -0.2) is 24.3 Å². The van der Waals surface area contributed by atoms with E-state index < -0.39 is 0 Å². The molecule has 2 N–H and O–H groups in total. The Labute approximate surface area is 88.5 Å². The van der Waals surface area contributed by atoms with Gasteiger partial charge in [-0.25, -0.2) is 4.39 Å². The number of hydrogen-bond donors (Lipinski definition) is 2. The summed E-state index contributed by atoms with van der Waals surface area (Å²) in [4.78, 5) is 0. The van der Waals surface area contributed by atoms with Crippen LogP contribution in [-0.2, 0) is 0 Å². The highest BCUT2D eigenvalue weighted by Gasteiger charge is 2.26. The summed E-state index contributed by atoms with van der Waals surface area (Å²) in [5.74, 6) is -0.202. The SMILES string of the molecule is Cl.O[C@@H]1CNC[C@H]1c1cccc(F)c1. The summed E-state index contributed by atoms with van der Waals surface area (Å²) < 4.78 is 12.8. The monoisotopic (exact) mass is 217 g/mol. The van der Waals surface area contributed by atoms with Crippen molar-refractivity contribution in [1.82, 2.24) is 5.32 Å². The number of hydrogen-bond acceptors (Lipinski definition) is 2. The number of nitrogens with one attached hydrogen (secondary N) is 1. The fraction of sp³-hybridized carbons (Fsp3) is 0.400. The first-order chi connectivity index (χ1) is 6.27. The van der Waals surface area contributed by atoms with E-state index in [0.29, 0.717) is 6.54 Å². The number of benzene rings is 1. The molecule has 0 spiro atoms. The van der Waals surface area contributed by atoms with E-state index in [1.807, 2.05) is 6.07 Å². The summed E-state index contributed by atoms with van der Waals surface area (Å²) in [5, 5.41) is 12.6. The number of aliphatic hydroxyl groups excluding tert-OH is 1. The molecule has 78 valence electrons. The van der Waals surface area contributed by atoms with E-state index >= 15 is 0 Å². The van der Waals surface area contributed by atoms with Gasteiger partial charge in [0.1, 0.15) is 5.82 Å². The molecule has 1 aromatic carbocycles. The van der Waals surface area contributed by atoms with Crippen molar-refractivity contribution in [3.05, 3.63) is 35.6 Å². The van der Waals surface area contributed by atoms with Crippen molar-refractivity contribution < 1.29 is 9.50 Å². The van der Waals surface area contributed by atoms with E-state index in [1.54, 1.807) is 6.07 Å². The summed E-state index contributed by atoms with van der Waals surface area (Å²) in [7, 11) is 0. The van der Waals surface area contributed by atoms with Crippen LogP contribution < -0.4 is 5.32 Å². The predicted octanol–water partition coefficient (Wildman–Crippen LogP) is 1.30. The maximum atomic E-state index is 12.8. The highest BCUT2D eigenvalue weighted by atomic mass is 35.5. The first-order valence-corrected chi connectivity index (χ1v) is 4.41. The number of halogens is 2. The van der Waals surface area contributed by atoms with Crippen LogP contribution in [0.3, 0.4) is 0 Å². The van der Waals surface area contributed by atoms with Crippen LogP contribution in [0.25, 0.3) is 0 Å². The van der Waals surface area contributed by atoms with Gasteiger partial charge in [0.15, 0.2) is 0 Å². The van der Waals surface area contributed by atoms with E-state index in [9.17, 15) is 9.50 Å². The summed E-state index contributed by atoms with van der Waals surface area (Å²) in [5.41, 5.74) is 0.873. The minimum absolute atomic E-state index is 0. The highest BCUT2D eigenvalue weighted by Crippen LogP contribution is 2.22. The Morgan fingerprint density at radius 1 is 1.36 bits per heavy atom. The Morgan fingerprint density at radius 2 is 2.14 bits per heavy atom. The zero-order valence-electron chi connectivity index (χ0n) is 7.61. The number of aliphatic hydroxyl groups is 1. The van der Waals surface area contributed by atoms with Crippen LogP contribution in [0.1, 0.15) is 11.5 Å². The fourth-order valence-corrected chi connectivity index (χ4v) is 1.74. The summed E-state index contributed by atoms with van der Waals surface area (Å²) in [6.45, 7) is 1.33. The summed E-state index contributed by atoms with van der Waals surface area (Å²) in [6, 6.07) is 6.43. The second-order valence-electron chi connectivity index (χ2n) is 3.39. The second-order valence-corrected chi connectivity index (χ2v) is 3.39. The molecule has 0 radical (unpaired) electrons.